The van der Waals surface area contributed by atoms with E-state index in [1.54, 1.807) is 30.3 Å². The molecule has 0 unspecified atom stereocenters. The minimum absolute atomic E-state index is 0.0643. The van der Waals surface area contributed by atoms with Crippen molar-refractivity contribution in [2.75, 3.05) is 7.11 Å². The van der Waals surface area contributed by atoms with Gasteiger partial charge in [-0.3, -0.25) is 4.79 Å². The van der Waals surface area contributed by atoms with Gasteiger partial charge in [-0.05, 0) is 29.3 Å². The number of hydrogen-bond donors (Lipinski definition) is 1. The summed E-state index contributed by atoms with van der Waals surface area (Å²) in [5.41, 5.74) is 1.56. The molecular weight excluding hydrogens is 323 g/mol. The number of esters is 1. The van der Waals surface area contributed by atoms with Gasteiger partial charge in [-0.1, -0.05) is 30.3 Å². The van der Waals surface area contributed by atoms with E-state index in [-0.39, 0.29) is 12.8 Å². The Morgan fingerprint density at radius 2 is 2.00 bits per heavy atom. The lowest BCUT2D eigenvalue weighted by atomic mass is 10.0. The maximum absolute atomic E-state index is 13.2. The molecule has 2 aromatic carbocycles. The molecule has 5 nitrogen and oxygen atoms in total. The molecule has 2 rings (SSSR count). The molecule has 128 valence electrons. The third kappa shape index (κ3) is 5.15. The molecule has 0 aliphatic heterocycles. The molecule has 0 saturated carbocycles. The fraction of sp³-hybridized carbons (Fsp3) is 0.211. The number of ether oxygens (including phenoxy) is 1. The molecule has 0 heterocycles. The number of halogens is 1. The minimum Gasteiger partial charge on any atom is -0.467 e. The number of methoxy groups -OCH3 is 1. The predicted octanol–water partition coefficient (Wildman–Crippen LogP) is 2.14. The number of benzene rings is 2. The average Bonchev–Trinajstić information content (AvgIpc) is 2.60. The van der Waals surface area contributed by atoms with Crippen LogP contribution in [0.25, 0.3) is 0 Å². The number of nitrogens with zero attached hydrogens (tertiary/aromatic N) is 1. The van der Waals surface area contributed by atoms with Gasteiger partial charge < -0.3 is 10.1 Å². The molecule has 0 fully saturated rings. The number of rotatable bonds is 6. The Hall–Kier alpha value is -3.20. The molecule has 0 radical (unpaired) electrons. The monoisotopic (exact) mass is 340 g/mol. The smallest absolute Gasteiger partial charge is 0.328 e. The van der Waals surface area contributed by atoms with Gasteiger partial charge in [-0.25, -0.2) is 9.18 Å². The number of hydrogen-bond acceptors (Lipinski definition) is 4. The summed E-state index contributed by atoms with van der Waals surface area (Å²) in [5, 5.41) is 11.7. The Morgan fingerprint density at radius 3 is 2.68 bits per heavy atom. The Morgan fingerprint density at radius 1 is 1.24 bits per heavy atom. The second-order valence-corrected chi connectivity index (χ2v) is 5.42. The van der Waals surface area contributed by atoms with Gasteiger partial charge in [0.1, 0.15) is 11.9 Å². The van der Waals surface area contributed by atoms with Crippen LogP contribution < -0.4 is 5.32 Å². The summed E-state index contributed by atoms with van der Waals surface area (Å²) >= 11 is 0. The van der Waals surface area contributed by atoms with Crippen LogP contribution in [0.2, 0.25) is 0 Å². The first-order valence-corrected chi connectivity index (χ1v) is 7.63. The molecule has 0 aliphatic rings. The van der Waals surface area contributed by atoms with Crippen LogP contribution in [-0.4, -0.2) is 25.0 Å². The van der Waals surface area contributed by atoms with E-state index in [4.69, 9.17) is 10.00 Å². The summed E-state index contributed by atoms with van der Waals surface area (Å²) in [4.78, 5) is 24.2. The Kier molecular flexibility index (Phi) is 6.24. The Bertz CT molecular complexity index is 814. The molecule has 25 heavy (non-hydrogen) atoms. The van der Waals surface area contributed by atoms with Crippen molar-refractivity contribution < 1.29 is 18.7 Å². The molecule has 6 heteroatoms. The van der Waals surface area contributed by atoms with Crippen LogP contribution in [0, 0.1) is 17.1 Å². The van der Waals surface area contributed by atoms with E-state index in [1.165, 1.54) is 25.3 Å². The molecule has 2 aromatic rings. The molecule has 0 aliphatic carbocycles. The largest absolute Gasteiger partial charge is 0.467 e. The second-order valence-electron chi connectivity index (χ2n) is 5.42. The zero-order chi connectivity index (χ0) is 18.2. The summed E-state index contributed by atoms with van der Waals surface area (Å²) in [7, 11) is 1.23. The van der Waals surface area contributed by atoms with Crippen LogP contribution >= 0.6 is 0 Å². The summed E-state index contributed by atoms with van der Waals surface area (Å²) in [6.45, 7) is 0. The third-order valence-electron chi connectivity index (χ3n) is 3.64. The van der Waals surface area contributed by atoms with Gasteiger partial charge in [-0.2, -0.15) is 5.26 Å². The zero-order valence-corrected chi connectivity index (χ0v) is 13.7. The van der Waals surface area contributed by atoms with E-state index in [9.17, 15) is 14.0 Å². The van der Waals surface area contributed by atoms with E-state index in [0.29, 0.717) is 16.7 Å². The number of amides is 1. The quantitative estimate of drug-likeness (QED) is 0.817. The molecule has 0 aromatic heterocycles. The van der Waals surface area contributed by atoms with E-state index in [0.717, 1.165) is 0 Å². The molecule has 1 amide bonds. The molecular formula is C19H17FN2O3. The fourth-order valence-electron chi connectivity index (χ4n) is 2.44. The Labute approximate surface area is 145 Å². The highest BCUT2D eigenvalue weighted by atomic mass is 19.1. The number of nitriles is 1. The topological polar surface area (TPSA) is 79.2 Å². The maximum Gasteiger partial charge on any atom is 0.328 e. The second kappa shape index (κ2) is 8.60. The van der Waals surface area contributed by atoms with E-state index in [2.05, 4.69) is 11.4 Å². The van der Waals surface area contributed by atoms with Crippen molar-refractivity contribution >= 4 is 11.9 Å². The zero-order valence-electron chi connectivity index (χ0n) is 13.7. The molecule has 1 N–H and O–H groups in total. The minimum atomic E-state index is -0.930. The summed E-state index contributed by atoms with van der Waals surface area (Å²) in [6, 6.07) is 13.6. The van der Waals surface area contributed by atoms with Crippen molar-refractivity contribution in [1.29, 1.82) is 5.26 Å². The van der Waals surface area contributed by atoms with Crippen molar-refractivity contribution in [3.63, 3.8) is 0 Å². The summed E-state index contributed by atoms with van der Waals surface area (Å²) in [5.74, 6) is -1.48. The molecule has 1 atom stereocenters. The average molecular weight is 340 g/mol. The first kappa shape index (κ1) is 18.1. The summed E-state index contributed by atoms with van der Waals surface area (Å²) < 4.78 is 17.9. The van der Waals surface area contributed by atoms with Crippen LogP contribution in [0.5, 0.6) is 0 Å². The number of carbonyl (C=O) groups is 2. The van der Waals surface area contributed by atoms with Gasteiger partial charge in [0.15, 0.2) is 0 Å². The van der Waals surface area contributed by atoms with Crippen molar-refractivity contribution in [2.45, 2.75) is 18.9 Å². The van der Waals surface area contributed by atoms with Crippen molar-refractivity contribution in [2.24, 2.45) is 0 Å². The van der Waals surface area contributed by atoms with Gasteiger partial charge in [0.25, 0.3) is 0 Å². The lowest BCUT2D eigenvalue weighted by Gasteiger charge is -2.17. The van der Waals surface area contributed by atoms with Gasteiger partial charge in [0.2, 0.25) is 5.91 Å². The van der Waals surface area contributed by atoms with Crippen molar-refractivity contribution in [1.82, 2.24) is 5.32 Å². The standard InChI is InChI=1S/C19H17FN2O3/c1-25-19(24)17(11-14-6-2-3-7-15(14)12-21)22-18(23)10-13-5-4-8-16(20)9-13/h2-9,17H,10-11H2,1H3,(H,22,23)/t17-/m1/s1. The van der Waals surface area contributed by atoms with E-state index < -0.39 is 23.7 Å². The molecule has 0 saturated heterocycles. The van der Waals surface area contributed by atoms with E-state index >= 15 is 0 Å². The van der Waals surface area contributed by atoms with Crippen LogP contribution in [0.15, 0.2) is 48.5 Å². The molecule has 0 spiro atoms. The van der Waals surface area contributed by atoms with Gasteiger partial charge in [0.05, 0.1) is 25.2 Å². The van der Waals surface area contributed by atoms with Crippen molar-refractivity contribution in [3.8, 4) is 6.07 Å². The highest BCUT2D eigenvalue weighted by Gasteiger charge is 2.23. The summed E-state index contributed by atoms with van der Waals surface area (Å²) in [6.07, 6.45) is 0.0659. The SMILES string of the molecule is COC(=O)[C@@H](Cc1ccccc1C#N)NC(=O)Cc1cccc(F)c1. The Balaban J connectivity index is 2.11. The first-order chi connectivity index (χ1) is 12.0. The number of carbonyl (C=O) groups excluding carboxylic acids is 2. The van der Waals surface area contributed by atoms with Crippen LogP contribution in [0.1, 0.15) is 16.7 Å². The van der Waals surface area contributed by atoms with Crippen molar-refractivity contribution in [3.05, 3.63) is 71.0 Å². The maximum atomic E-state index is 13.2. The highest BCUT2D eigenvalue weighted by molar-refractivity contribution is 5.85. The normalized spacial score (nSPS) is 11.2. The van der Waals surface area contributed by atoms with Gasteiger partial charge in [-0.15, -0.1) is 0 Å². The lowest BCUT2D eigenvalue weighted by molar-refractivity contribution is -0.145. The van der Waals surface area contributed by atoms with Crippen LogP contribution in [-0.2, 0) is 27.2 Å². The predicted molar refractivity (Wildman–Crippen MR) is 88.9 cm³/mol. The van der Waals surface area contributed by atoms with Crippen LogP contribution in [0.3, 0.4) is 0 Å². The number of nitrogens with one attached hydrogen (secondary N) is 1. The third-order valence-corrected chi connectivity index (χ3v) is 3.64. The first-order valence-electron chi connectivity index (χ1n) is 7.63. The molecule has 0 bridgehead atoms. The fourth-order valence-corrected chi connectivity index (χ4v) is 2.44. The lowest BCUT2D eigenvalue weighted by Crippen LogP contribution is -2.43. The van der Waals surface area contributed by atoms with Crippen LogP contribution in [0.4, 0.5) is 4.39 Å². The van der Waals surface area contributed by atoms with Gasteiger partial charge >= 0.3 is 5.97 Å². The van der Waals surface area contributed by atoms with E-state index in [1.807, 2.05) is 0 Å². The van der Waals surface area contributed by atoms with Gasteiger partial charge in [0, 0.05) is 6.42 Å². The highest BCUT2D eigenvalue weighted by Crippen LogP contribution is 2.11.